The molecule has 1 aromatic carbocycles. The van der Waals surface area contributed by atoms with Crippen molar-refractivity contribution in [2.45, 2.75) is 12.5 Å². The van der Waals surface area contributed by atoms with Crippen molar-refractivity contribution in [3.8, 4) is 11.8 Å². The Labute approximate surface area is 148 Å². The van der Waals surface area contributed by atoms with E-state index < -0.39 is 0 Å². The molecule has 0 aliphatic carbocycles. The van der Waals surface area contributed by atoms with E-state index in [1.807, 2.05) is 18.2 Å². The molecule has 2 aromatic heterocycles. The summed E-state index contributed by atoms with van der Waals surface area (Å²) < 4.78 is 11.9. The first kappa shape index (κ1) is 15.8. The molecule has 128 valence electrons. The standard InChI is InChI=1S/C17H16N4O3S/c1-23-15-7-18-8-16(20-15)24-12-4-5-21(9-12)17(22)11-2-3-13-14(6-11)25-10-19-13/h2-3,6-8,10,12H,4-5,9H2,1H3/t12-/m0/s1. The summed E-state index contributed by atoms with van der Waals surface area (Å²) >= 11 is 1.53. The molecule has 0 unspecified atom stereocenters. The van der Waals surface area contributed by atoms with Gasteiger partial charge in [0.1, 0.15) is 6.10 Å². The Balaban J connectivity index is 1.43. The van der Waals surface area contributed by atoms with Crippen molar-refractivity contribution in [2.75, 3.05) is 20.2 Å². The first-order chi connectivity index (χ1) is 12.2. The second-order valence-electron chi connectivity index (χ2n) is 5.71. The van der Waals surface area contributed by atoms with E-state index in [9.17, 15) is 4.79 Å². The van der Waals surface area contributed by atoms with Crippen LogP contribution in [0.2, 0.25) is 0 Å². The molecule has 0 bridgehead atoms. The zero-order valence-electron chi connectivity index (χ0n) is 13.6. The zero-order chi connectivity index (χ0) is 17.2. The summed E-state index contributed by atoms with van der Waals surface area (Å²) in [6, 6.07) is 5.61. The number of thiazole rings is 1. The summed E-state index contributed by atoms with van der Waals surface area (Å²) in [4.78, 5) is 27.0. The van der Waals surface area contributed by atoms with E-state index in [1.54, 1.807) is 16.6 Å². The Kier molecular flexibility index (Phi) is 4.19. The van der Waals surface area contributed by atoms with Crippen LogP contribution in [-0.2, 0) is 0 Å². The van der Waals surface area contributed by atoms with Gasteiger partial charge in [-0.3, -0.25) is 9.78 Å². The summed E-state index contributed by atoms with van der Waals surface area (Å²) in [5.41, 5.74) is 3.38. The molecular formula is C17H16N4O3S. The van der Waals surface area contributed by atoms with E-state index >= 15 is 0 Å². The van der Waals surface area contributed by atoms with Gasteiger partial charge in [0.2, 0.25) is 11.8 Å². The molecule has 7 nitrogen and oxygen atoms in total. The molecule has 1 aliphatic rings. The van der Waals surface area contributed by atoms with Gasteiger partial charge in [0.15, 0.2) is 0 Å². The fraction of sp³-hybridized carbons (Fsp3) is 0.294. The van der Waals surface area contributed by atoms with E-state index in [0.29, 0.717) is 30.4 Å². The van der Waals surface area contributed by atoms with E-state index in [1.165, 1.54) is 24.6 Å². The van der Waals surface area contributed by atoms with Crippen molar-refractivity contribution in [1.82, 2.24) is 19.9 Å². The van der Waals surface area contributed by atoms with Crippen molar-refractivity contribution in [1.29, 1.82) is 0 Å². The fourth-order valence-electron chi connectivity index (χ4n) is 2.84. The third kappa shape index (κ3) is 3.25. The first-order valence-corrected chi connectivity index (χ1v) is 8.76. The number of carbonyl (C=O) groups excluding carboxylic acids is 1. The molecule has 8 heteroatoms. The molecule has 3 aromatic rings. The Hall–Kier alpha value is -2.74. The largest absolute Gasteiger partial charge is 0.480 e. The van der Waals surface area contributed by atoms with Crippen molar-refractivity contribution in [3.63, 3.8) is 0 Å². The van der Waals surface area contributed by atoms with Crippen molar-refractivity contribution in [3.05, 3.63) is 41.7 Å². The van der Waals surface area contributed by atoms with Crippen LogP contribution in [-0.4, -0.2) is 52.1 Å². The monoisotopic (exact) mass is 356 g/mol. The number of rotatable bonds is 4. The number of aromatic nitrogens is 3. The van der Waals surface area contributed by atoms with Gasteiger partial charge in [-0.2, -0.15) is 4.98 Å². The van der Waals surface area contributed by atoms with Crippen LogP contribution < -0.4 is 9.47 Å². The number of hydrogen-bond acceptors (Lipinski definition) is 7. The maximum Gasteiger partial charge on any atom is 0.254 e. The van der Waals surface area contributed by atoms with Crippen LogP contribution in [0.25, 0.3) is 10.2 Å². The van der Waals surface area contributed by atoms with E-state index in [-0.39, 0.29) is 12.0 Å². The van der Waals surface area contributed by atoms with Crippen LogP contribution in [0, 0.1) is 0 Å². The minimum Gasteiger partial charge on any atom is -0.480 e. The third-order valence-corrected chi connectivity index (χ3v) is 4.89. The number of ether oxygens (including phenoxy) is 2. The average molecular weight is 356 g/mol. The molecule has 1 atom stereocenters. The lowest BCUT2D eigenvalue weighted by Gasteiger charge is -2.17. The van der Waals surface area contributed by atoms with Crippen molar-refractivity contribution >= 4 is 27.5 Å². The predicted octanol–water partition coefficient (Wildman–Crippen LogP) is 2.39. The SMILES string of the molecule is COc1cncc(O[C@H]2CCN(C(=O)c3ccc4ncsc4c3)C2)n1. The minimum atomic E-state index is -0.0995. The summed E-state index contributed by atoms with van der Waals surface area (Å²) in [7, 11) is 1.53. The number of hydrogen-bond donors (Lipinski definition) is 0. The maximum absolute atomic E-state index is 12.7. The lowest BCUT2D eigenvalue weighted by Crippen LogP contribution is -2.31. The van der Waals surface area contributed by atoms with Gasteiger partial charge in [0.25, 0.3) is 5.91 Å². The van der Waals surface area contributed by atoms with Gasteiger partial charge >= 0.3 is 0 Å². The summed E-state index contributed by atoms with van der Waals surface area (Å²) in [5, 5.41) is 0. The summed E-state index contributed by atoms with van der Waals surface area (Å²) in [6.07, 6.45) is 3.72. The number of amides is 1. The number of benzene rings is 1. The highest BCUT2D eigenvalue weighted by Gasteiger charge is 2.28. The number of methoxy groups -OCH3 is 1. The number of nitrogens with zero attached hydrogens (tertiary/aromatic N) is 4. The molecule has 0 saturated carbocycles. The normalized spacial score (nSPS) is 17.0. The Bertz CT molecular complexity index is 914. The molecule has 0 radical (unpaired) electrons. The van der Waals surface area contributed by atoms with Crippen LogP contribution >= 0.6 is 11.3 Å². The average Bonchev–Trinajstić information content (AvgIpc) is 3.29. The Morgan fingerprint density at radius 2 is 2.20 bits per heavy atom. The number of fused-ring (bicyclic) bond motifs is 1. The van der Waals surface area contributed by atoms with Gasteiger partial charge < -0.3 is 14.4 Å². The molecule has 0 N–H and O–H groups in total. The van der Waals surface area contributed by atoms with Crippen molar-refractivity contribution in [2.24, 2.45) is 0 Å². The number of likely N-dealkylation sites (tertiary alicyclic amines) is 1. The highest BCUT2D eigenvalue weighted by atomic mass is 32.1. The molecule has 0 spiro atoms. The molecule has 1 aliphatic heterocycles. The topological polar surface area (TPSA) is 77.4 Å². The van der Waals surface area contributed by atoms with Crippen molar-refractivity contribution < 1.29 is 14.3 Å². The van der Waals surface area contributed by atoms with Gasteiger partial charge in [-0.05, 0) is 18.2 Å². The predicted molar refractivity (Wildman–Crippen MR) is 93.1 cm³/mol. The van der Waals surface area contributed by atoms with Gasteiger partial charge in [0.05, 0.1) is 41.8 Å². The summed E-state index contributed by atoms with van der Waals surface area (Å²) in [6.45, 7) is 1.18. The molecule has 1 saturated heterocycles. The number of carbonyl (C=O) groups is 1. The second kappa shape index (κ2) is 6.64. The van der Waals surface area contributed by atoms with Gasteiger partial charge in [-0.1, -0.05) is 0 Å². The molecule has 1 amide bonds. The summed E-state index contributed by atoms with van der Waals surface area (Å²) in [5.74, 6) is 0.823. The van der Waals surface area contributed by atoms with Crippen LogP contribution in [0.5, 0.6) is 11.8 Å². The maximum atomic E-state index is 12.7. The van der Waals surface area contributed by atoms with E-state index in [0.717, 1.165) is 16.6 Å². The smallest absolute Gasteiger partial charge is 0.254 e. The highest BCUT2D eigenvalue weighted by molar-refractivity contribution is 7.16. The molecular weight excluding hydrogens is 340 g/mol. The quantitative estimate of drug-likeness (QED) is 0.714. The van der Waals surface area contributed by atoms with Gasteiger partial charge in [-0.25, -0.2) is 4.98 Å². The first-order valence-electron chi connectivity index (χ1n) is 7.88. The Morgan fingerprint density at radius 3 is 3.08 bits per heavy atom. The fourth-order valence-corrected chi connectivity index (χ4v) is 3.55. The lowest BCUT2D eigenvalue weighted by atomic mass is 10.2. The molecule has 25 heavy (non-hydrogen) atoms. The van der Waals surface area contributed by atoms with Crippen LogP contribution in [0.15, 0.2) is 36.1 Å². The Morgan fingerprint density at radius 1 is 1.32 bits per heavy atom. The van der Waals surface area contributed by atoms with E-state index in [4.69, 9.17) is 9.47 Å². The van der Waals surface area contributed by atoms with Crippen LogP contribution in [0.4, 0.5) is 0 Å². The minimum absolute atomic E-state index is 0.0122. The second-order valence-corrected chi connectivity index (χ2v) is 6.60. The third-order valence-electron chi connectivity index (χ3n) is 4.10. The van der Waals surface area contributed by atoms with Crippen LogP contribution in [0.3, 0.4) is 0 Å². The highest BCUT2D eigenvalue weighted by Crippen LogP contribution is 2.23. The zero-order valence-corrected chi connectivity index (χ0v) is 14.4. The lowest BCUT2D eigenvalue weighted by molar-refractivity contribution is 0.0771. The van der Waals surface area contributed by atoms with Crippen LogP contribution in [0.1, 0.15) is 16.8 Å². The van der Waals surface area contributed by atoms with Gasteiger partial charge in [0, 0.05) is 18.5 Å². The molecule has 1 fully saturated rings. The van der Waals surface area contributed by atoms with E-state index in [2.05, 4.69) is 15.0 Å². The van der Waals surface area contributed by atoms with Gasteiger partial charge in [-0.15, -0.1) is 11.3 Å². The molecule has 4 rings (SSSR count). The molecule has 3 heterocycles.